The highest BCUT2D eigenvalue weighted by Crippen LogP contribution is 2.20. The standard InChI is InChI=1S/C16H17FN6O2/c17-13-2-1-11(7-19-13)23-14-12(8-21-23)15(24)22(10-20-14)9-16(25)3-5-18-6-4-16/h1-2,7-8,10,18,25H,3-6,9H2. The number of piperidine rings is 1. The van der Waals surface area contributed by atoms with Gasteiger partial charge in [0.15, 0.2) is 5.65 Å². The maximum Gasteiger partial charge on any atom is 0.264 e. The molecule has 0 saturated carbocycles. The molecule has 0 bridgehead atoms. The van der Waals surface area contributed by atoms with E-state index >= 15 is 0 Å². The van der Waals surface area contributed by atoms with Crippen LogP contribution in [-0.4, -0.2) is 48.1 Å². The summed E-state index contributed by atoms with van der Waals surface area (Å²) < 4.78 is 15.8. The summed E-state index contributed by atoms with van der Waals surface area (Å²) in [4.78, 5) is 20.6. The van der Waals surface area contributed by atoms with Crippen molar-refractivity contribution in [1.82, 2.24) is 29.6 Å². The average Bonchev–Trinajstić information content (AvgIpc) is 3.03. The zero-order valence-corrected chi connectivity index (χ0v) is 13.4. The predicted octanol–water partition coefficient (Wildman–Crippen LogP) is 0.231. The van der Waals surface area contributed by atoms with Gasteiger partial charge in [-0.2, -0.15) is 9.49 Å². The van der Waals surface area contributed by atoms with Gasteiger partial charge in [0, 0.05) is 0 Å². The van der Waals surface area contributed by atoms with Gasteiger partial charge in [0.1, 0.15) is 11.7 Å². The third kappa shape index (κ3) is 2.92. The van der Waals surface area contributed by atoms with Crippen LogP contribution in [0.2, 0.25) is 0 Å². The van der Waals surface area contributed by atoms with Crippen LogP contribution in [0.4, 0.5) is 4.39 Å². The minimum absolute atomic E-state index is 0.194. The Morgan fingerprint density at radius 2 is 2.04 bits per heavy atom. The molecule has 0 spiro atoms. The molecule has 2 N–H and O–H groups in total. The first-order valence-electron chi connectivity index (χ1n) is 8.04. The van der Waals surface area contributed by atoms with Crippen molar-refractivity contribution in [2.75, 3.05) is 13.1 Å². The molecule has 3 aromatic rings. The Kier molecular flexibility index (Phi) is 3.81. The fraction of sp³-hybridized carbons (Fsp3) is 0.375. The molecule has 4 rings (SSSR count). The lowest BCUT2D eigenvalue weighted by atomic mass is 9.92. The van der Waals surface area contributed by atoms with Gasteiger partial charge in [-0.1, -0.05) is 0 Å². The first-order valence-corrected chi connectivity index (χ1v) is 8.04. The van der Waals surface area contributed by atoms with Crippen LogP contribution < -0.4 is 10.9 Å². The Morgan fingerprint density at radius 3 is 2.76 bits per heavy atom. The number of nitrogens with zero attached hydrogens (tertiary/aromatic N) is 5. The summed E-state index contributed by atoms with van der Waals surface area (Å²) in [5.74, 6) is -0.592. The molecular formula is C16H17FN6O2. The quantitative estimate of drug-likeness (QED) is 0.660. The molecule has 0 unspecified atom stereocenters. The second kappa shape index (κ2) is 6.01. The third-order valence-electron chi connectivity index (χ3n) is 4.51. The van der Waals surface area contributed by atoms with E-state index in [1.165, 1.54) is 40.1 Å². The van der Waals surface area contributed by atoms with Crippen molar-refractivity contribution >= 4 is 11.0 Å². The van der Waals surface area contributed by atoms with Gasteiger partial charge in [-0.05, 0) is 38.1 Å². The smallest absolute Gasteiger partial charge is 0.264 e. The molecule has 0 aromatic carbocycles. The number of pyridine rings is 1. The summed E-state index contributed by atoms with van der Waals surface area (Å²) in [6.07, 6.45) is 5.33. The molecule has 25 heavy (non-hydrogen) atoms. The van der Waals surface area contributed by atoms with Crippen molar-refractivity contribution in [3.8, 4) is 5.69 Å². The summed E-state index contributed by atoms with van der Waals surface area (Å²) in [5.41, 5.74) is -0.301. The maximum atomic E-state index is 13.0. The van der Waals surface area contributed by atoms with E-state index in [-0.39, 0.29) is 12.1 Å². The van der Waals surface area contributed by atoms with Crippen LogP contribution in [0.5, 0.6) is 0 Å². The lowest BCUT2D eigenvalue weighted by Gasteiger charge is -2.32. The largest absolute Gasteiger partial charge is 0.388 e. The first kappa shape index (κ1) is 15.9. The molecule has 9 heteroatoms. The SMILES string of the molecule is O=c1c2cnn(-c3ccc(F)nc3)c2ncn1CC1(O)CCNCC1. The van der Waals surface area contributed by atoms with Crippen LogP contribution in [-0.2, 0) is 6.54 Å². The van der Waals surface area contributed by atoms with Gasteiger partial charge in [-0.3, -0.25) is 9.36 Å². The molecule has 8 nitrogen and oxygen atoms in total. The fourth-order valence-corrected chi connectivity index (χ4v) is 3.11. The first-order chi connectivity index (χ1) is 12.1. The molecule has 0 aliphatic carbocycles. The third-order valence-corrected chi connectivity index (χ3v) is 4.51. The maximum absolute atomic E-state index is 13.0. The van der Waals surface area contributed by atoms with Crippen molar-refractivity contribution in [2.24, 2.45) is 0 Å². The van der Waals surface area contributed by atoms with Gasteiger partial charge in [-0.15, -0.1) is 0 Å². The van der Waals surface area contributed by atoms with Crippen LogP contribution in [0.15, 0.2) is 35.6 Å². The molecule has 1 aliphatic rings. The molecule has 1 saturated heterocycles. The van der Waals surface area contributed by atoms with Crippen molar-refractivity contribution in [3.63, 3.8) is 0 Å². The molecule has 130 valence electrons. The Morgan fingerprint density at radius 1 is 1.24 bits per heavy atom. The topological polar surface area (TPSA) is 97.9 Å². The van der Waals surface area contributed by atoms with Gasteiger partial charge in [0.2, 0.25) is 5.95 Å². The van der Waals surface area contributed by atoms with E-state index in [4.69, 9.17) is 0 Å². The number of hydrogen-bond donors (Lipinski definition) is 2. The zero-order valence-electron chi connectivity index (χ0n) is 13.4. The Hall–Kier alpha value is -2.65. The molecule has 0 atom stereocenters. The number of aliphatic hydroxyl groups is 1. The highest BCUT2D eigenvalue weighted by atomic mass is 19.1. The van der Waals surface area contributed by atoms with E-state index in [0.29, 0.717) is 29.6 Å². The van der Waals surface area contributed by atoms with Crippen molar-refractivity contribution in [2.45, 2.75) is 25.0 Å². The second-order valence-electron chi connectivity index (χ2n) is 6.28. The van der Waals surface area contributed by atoms with Crippen molar-refractivity contribution < 1.29 is 9.50 Å². The molecule has 0 radical (unpaired) electrons. The Labute approximate surface area is 142 Å². The monoisotopic (exact) mass is 344 g/mol. The minimum atomic E-state index is -0.915. The summed E-state index contributed by atoms with van der Waals surface area (Å²) in [5, 5.41) is 18.3. The van der Waals surface area contributed by atoms with Crippen LogP contribution in [0.1, 0.15) is 12.8 Å². The zero-order chi connectivity index (χ0) is 17.4. The summed E-state index contributed by atoms with van der Waals surface area (Å²) in [6.45, 7) is 1.63. The number of fused-ring (bicyclic) bond motifs is 1. The normalized spacial score (nSPS) is 17.0. The summed E-state index contributed by atoms with van der Waals surface area (Å²) in [6, 6.07) is 2.73. The van der Waals surface area contributed by atoms with Crippen LogP contribution in [0, 0.1) is 5.95 Å². The minimum Gasteiger partial charge on any atom is -0.388 e. The molecule has 4 heterocycles. The van der Waals surface area contributed by atoms with Gasteiger partial charge < -0.3 is 10.4 Å². The number of hydrogen-bond acceptors (Lipinski definition) is 6. The number of halogens is 1. The van der Waals surface area contributed by atoms with Gasteiger partial charge in [0.05, 0.1) is 30.2 Å². The molecule has 0 amide bonds. The van der Waals surface area contributed by atoms with Crippen LogP contribution in [0.3, 0.4) is 0 Å². The van der Waals surface area contributed by atoms with E-state index in [2.05, 4.69) is 20.4 Å². The lowest BCUT2D eigenvalue weighted by molar-refractivity contribution is -0.00627. The van der Waals surface area contributed by atoms with Crippen LogP contribution in [0.25, 0.3) is 16.7 Å². The van der Waals surface area contributed by atoms with Gasteiger partial charge in [-0.25, -0.2) is 14.6 Å². The average molecular weight is 344 g/mol. The molecule has 1 fully saturated rings. The summed E-state index contributed by atoms with van der Waals surface area (Å²) >= 11 is 0. The fourth-order valence-electron chi connectivity index (χ4n) is 3.11. The van der Waals surface area contributed by atoms with Crippen LogP contribution >= 0.6 is 0 Å². The van der Waals surface area contributed by atoms with E-state index < -0.39 is 11.5 Å². The second-order valence-corrected chi connectivity index (χ2v) is 6.28. The molecule has 1 aliphatic heterocycles. The van der Waals surface area contributed by atoms with E-state index in [0.717, 1.165) is 13.1 Å². The summed E-state index contributed by atoms with van der Waals surface area (Å²) in [7, 11) is 0. The lowest BCUT2D eigenvalue weighted by Crippen LogP contribution is -2.46. The number of rotatable bonds is 3. The van der Waals surface area contributed by atoms with Crippen molar-refractivity contribution in [3.05, 3.63) is 47.2 Å². The Balaban J connectivity index is 1.72. The molecular weight excluding hydrogens is 327 g/mol. The molecule has 3 aromatic heterocycles. The highest BCUT2D eigenvalue weighted by Gasteiger charge is 2.30. The Bertz CT molecular complexity index is 959. The van der Waals surface area contributed by atoms with E-state index in [9.17, 15) is 14.3 Å². The number of aromatic nitrogens is 5. The van der Waals surface area contributed by atoms with E-state index in [1.54, 1.807) is 0 Å². The van der Waals surface area contributed by atoms with Gasteiger partial charge >= 0.3 is 0 Å². The highest BCUT2D eigenvalue weighted by molar-refractivity contribution is 5.74. The predicted molar refractivity (Wildman–Crippen MR) is 87.9 cm³/mol. The van der Waals surface area contributed by atoms with Gasteiger partial charge in [0.25, 0.3) is 5.56 Å². The van der Waals surface area contributed by atoms with E-state index in [1.807, 2.05) is 0 Å². The van der Waals surface area contributed by atoms with Crippen molar-refractivity contribution in [1.29, 1.82) is 0 Å². The number of nitrogens with one attached hydrogen (secondary N) is 1.